The Hall–Kier alpha value is -2.11. The molecule has 0 aliphatic heterocycles. The molecule has 21 heavy (non-hydrogen) atoms. The van der Waals surface area contributed by atoms with Crippen LogP contribution in [0.2, 0.25) is 4.34 Å². The lowest BCUT2D eigenvalue weighted by molar-refractivity contribution is 0.0955. The van der Waals surface area contributed by atoms with Gasteiger partial charge in [0.1, 0.15) is 0 Å². The molecule has 0 fully saturated rings. The minimum absolute atomic E-state index is 0.134. The molecule has 0 spiro atoms. The van der Waals surface area contributed by atoms with Crippen molar-refractivity contribution in [2.75, 3.05) is 0 Å². The Morgan fingerprint density at radius 2 is 2.19 bits per heavy atom. The monoisotopic (exact) mass is 318 g/mol. The van der Waals surface area contributed by atoms with Gasteiger partial charge in [0, 0.05) is 18.3 Å². The molecule has 0 saturated carbocycles. The van der Waals surface area contributed by atoms with Gasteiger partial charge in [-0.15, -0.1) is 11.3 Å². The molecular formula is C15H11ClN2O2S. The van der Waals surface area contributed by atoms with Crippen LogP contribution in [0.4, 0.5) is 0 Å². The smallest absolute Gasteiger partial charge is 0.261 e. The minimum atomic E-state index is -0.134. The van der Waals surface area contributed by atoms with E-state index in [-0.39, 0.29) is 5.91 Å². The van der Waals surface area contributed by atoms with Gasteiger partial charge < -0.3 is 9.73 Å². The molecule has 4 nitrogen and oxygen atoms in total. The van der Waals surface area contributed by atoms with E-state index < -0.39 is 0 Å². The predicted octanol–water partition coefficient (Wildman–Crippen LogP) is 3.99. The number of carbonyl (C=O) groups is 1. The summed E-state index contributed by atoms with van der Waals surface area (Å²) < 4.78 is 5.63. The van der Waals surface area contributed by atoms with Gasteiger partial charge in [-0.05, 0) is 29.8 Å². The lowest BCUT2D eigenvalue weighted by atomic mass is 10.2. The van der Waals surface area contributed by atoms with E-state index in [0.29, 0.717) is 15.8 Å². The first-order chi connectivity index (χ1) is 10.2. The summed E-state index contributed by atoms with van der Waals surface area (Å²) in [5.41, 5.74) is 2.70. The highest BCUT2D eigenvalue weighted by Crippen LogP contribution is 2.21. The average molecular weight is 319 g/mol. The van der Waals surface area contributed by atoms with E-state index in [2.05, 4.69) is 10.3 Å². The zero-order valence-corrected chi connectivity index (χ0v) is 12.4. The van der Waals surface area contributed by atoms with E-state index in [4.69, 9.17) is 16.0 Å². The van der Waals surface area contributed by atoms with Crippen LogP contribution in [0.1, 0.15) is 15.2 Å². The lowest BCUT2D eigenvalue weighted by Gasteiger charge is -2.04. The van der Waals surface area contributed by atoms with Gasteiger partial charge in [0.05, 0.1) is 27.4 Å². The van der Waals surface area contributed by atoms with Crippen LogP contribution in [-0.2, 0) is 6.54 Å². The maximum atomic E-state index is 11.9. The maximum absolute atomic E-state index is 11.9. The molecule has 106 valence electrons. The number of nitrogens with one attached hydrogen (secondary N) is 1. The number of pyridine rings is 1. The third-order valence-corrected chi connectivity index (χ3v) is 4.12. The molecular weight excluding hydrogens is 308 g/mol. The number of furan rings is 1. The van der Waals surface area contributed by atoms with Crippen LogP contribution in [0.3, 0.4) is 0 Å². The highest BCUT2D eigenvalue weighted by Gasteiger charge is 2.08. The van der Waals surface area contributed by atoms with Crippen molar-refractivity contribution in [3.05, 3.63) is 63.8 Å². The van der Waals surface area contributed by atoms with Gasteiger partial charge in [-0.2, -0.15) is 0 Å². The van der Waals surface area contributed by atoms with Crippen LogP contribution in [-0.4, -0.2) is 10.9 Å². The number of halogens is 1. The normalized spacial score (nSPS) is 10.5. The van der Waals surface area contributed by atoms with Crippen molar-refractivity contribution in [1.82, 2.24) is 10.3 Å². The summed E-state index contributed by atoms with van der Waals surface area (Å²) in [6, 6.07) is 9.10. The average Bonchev–Trinajstić information content (AvgIpc) is 3.16. The van der Waals surface area contributed by atoms with E-state index in [1.54, 1.807) is 30.9 Å². The fourth-order valence-corrected chi connectivity index (χ4v) is 2.78. The molecule has 0 aliphatic carbocycles. The Balaban J connectivity index is 1.62. The molecule has 0 aliphatic rings. The Morgan fingerprint density at radius 3 is 2.81 bits per heavy atom. The number of aromatic nitrogens is 1. The summed E-state index contributed by atoms with van der Waals surface area (Å²) in [5, 5.41) is 2.84. The first kappa shape index (κ1) is 13.9. The molecule has 0 saturated heterocycles. The molecule has 3 heterocycles. The molecule has 0 bridgehead atoms. The number of thiophene rings is 1. The van der Waals surface area contributed by atoms with E-state index in [9.17, 15) is 4.79 Å². The van der Waals surface area contributed by atoms with Crippen molar-refractivity contribution in [1.29, 1.82) is 0 Å². The maximum Gasteiger partial charge on any atom is 0.261 e. The van der Waals surface area contributed by atoms with Crippen LogP contribution >= 0.6 is 22.9 Å². The summed E-state index contributed by atoms with van der Waals surface area (Å²) in [6.45, 7) is 0.424. The van der Waals surface area contributed by atoms with Gasteiger partial charge in [-0.25, -0.2) is 0 Å². The SMILES string of the molecule is O=C(NCc1ccc(-c2ccoc2)nc1)c1ccc(Cl)s1. The summed E-state index contributed by atoms with van der Waals surface area (Å²) in [5.74, 6) is -0.134. The Bertz CT molecular complexity index is 735. The highest BCUT2D eigenvalue weighted by molar-refractivity contribution is 7.17. The van der Waals surface area contributed by atoms with Gasteiger partial charge in [0.15, 0.2) is 0 Å². The number of hydrogen-bond acceptors (Lipinski definition) is 4. The van der Waals surface area contributed by atoms with E-state index in [1.165, 1.54) is 11.3 Å². The first-order valence-corrected chi connectivity index (χ1v) is 7.43. The number of rotatable bonds is 4. The van der Waals surface area contributed by atoms with Crippen molar-refractivity contribution in [2.24, 2.45) is 0 Å². The van der Waals surface area contributed by atoms with Gasteiger partial charge >= 0.3 is 0 Å². The molecule has 3 aromatic rings. The molecule has 3 rings (SSSR count). The second-order valence-electron chi connectivity index (χ2n) is 4.35. The summed E-state index contributed by atoms with van der Waals surface area (Å²) in [7, 11) is 0. The van der Waals surface area contributed by atoms with Crippen molar-refractivity contribution in [2.45, 2.75) is 6.54 Å². The Labute approximate surface area is 130 Å². The highest BCUT2D eigenvalue weighted by atomic mass is 35.5. The van der Waals surface area contributed by atoms with Crippen molar-refractivity contribution in [3.8, 4) is 11.3 Å². The largest absolute Gasteiger partial charge is 0.472 e. The van der Waals surface area contributed by atoms with Crippen molar-refractivity contribution >= 4 is 28.8 Å². The topological polar surface area (TPSA) is 55.1 Å². The summed E-state index contributed by atoms with van der Waals surface area (Å²) >= 11 is 7.07. The van der Waals surface area contributed by atoms with E-state index in [0.717, 1.165) is 16.8 Å². The zero-order valence-electron chi connectivity index (χ0n) is 10.9. The predicted molar refractivity (Wildman–Crippen MR) is 82.4 cm³/mol. The molecule has 1 N–H and O–H groups in total. The molecule has 1 amide bonds. The van der Waals surface area contributed by atoms with Crippen molar-refractivity contribution in [3.63, 3.8) is 0 Å². The first-order valence-electron chi connectivity index (χ1n) is 6.23. The lowest BCUT2D eigenvalue weighted by Crippen LogP contribution is -2.21. The molecule has 6 heteroatoms. The van der Waals surface area contributed by atoms with Gasteiger partial charge in [0.2, 0.25) is 0 Å². The fourth-order valence-electron chi connectivity index (χ4n) is 1.82. The molecule has 0 atom stereocenters. The quantitative estimate of drug-likeness (QED) is 0.791. The third kappa shape index (κ3) is 3.32. The molecule has 3 aromatic heterocycles. The second kappa shape index (κ2) is 6.11. The third-order valence-electron chi connectivity index (χ3n) is 2.89. The minimum Gasteiger partial charge on any atom is -0.472 e. The van der Waals surface area contributed by atoms with E-state index >= 15 is 0 Å². The second-order valence-corrected chi connectivity index (χ2v) is 6.07. The number of nitrogens with zero attached hydrogens (tertiary/aromatic N) is 1. The number of hydrogen-bond donors (Lipinski definition) is 1. The van der Waals surface area contributed by atoms with Crippen LogP contribution in [0, 0.1) is 0 Å². The van der Waals surface area contributed by atoms with Gasteiger partial charge in [-0.1, -0.05) is 17.7 Å². The molecule has 0 unspecified atom stereocenters. The standard InChI is InChI=1S/C15H11ClN2O2S/c16-14-4-3-13(21-14)15(19)18-8-10-1-2-12(17-7-10)11-5-6-20-9-11/h1-7,9H,8H2,(H,18,19). The molecule has 0 radical (unpaired) electrons. The Morgan fingerprint density at radius 1 is 1.29 bits per heavy atom. The van der Waals surface area contributed by atoms with Crippen LogP contribution in [0.25, 0.3) is 11.3 Å². The van der Waals surface area contributed by atoms with Crippen LogP contribution in [0.15, 0.2) is 53.5 Å². The number of carbonyl (C=O) groups excluding carboxylic acids is 1. The molecule has 0 aromatic carbocycles. The summed E-state index contributed by atoms with van der Waals surface area (Å²) in [6.07, 6.45) is 4.99. The number of amides is 1. The Kier molecular flexibility index (Phi) is 4.03. The zero-order chi connectivity index (χ0) is 14.7. The van der Waals surface area contributed by atoms with Crippen LogP contribution < -0.4 is 5.32 Å². The van der Waals surface area contributed by atoms with Gasteiger partial charge in [-0.3, -0.25) is 9.78 Å². The van der Waals surface area contributed by atoms with Crippen molar-refractivity contribution < 1.29 is 9.21 Å². The summed E-state index contributed by atoms with van der Waals surface area (Å²) in [4.78, 5) is 16.8. The van der Waals surface area contributed by atoms with E-state index in [1.807, 2.05) is 18.2 Å². The van der Waals surface area contributed by atoms with Crippen LogP contribution in [0.5, 0.6) is 0 Å². The van der Waals surface area contributed by atoms with Gasteiger partial charge in [0.25, 0.3) is 5.91 Å². The fraction of sp³-hybridized carbons (Fsp3) is 0.0667.